The molecule has 5 aromatic rings. The number of nitrogens with zero attached hydrogens (tertiary/aromatic N) is 3. The van der Waals surface area contributed by atoms with Crippen LogP contribution in [0.5, 0.6) is 0 Å². The van der Waals surface area contributed by atoms with Crippen LogP contribution in [-0.4, -0.2) is 249 Å². The van der Waals surface area contributed by atoms with Crippen LogP contribution in [-0.2, 0) is 75.2 Å². The SMILES string of the molecule is CCCCCCCCCCCCCCCCNC(=O)CN(CC(N)=O)C(=O)CCCCCNC(=O)C(Cc1c[nH]c2ccccc12)NC(=O)C(CCNC(=N)N)NC(=O)C(CSSC)NC(=O)C(CCCNC(=N)N)NC(=O)CC1CCCN1C(=O)C(NC(=O)C(Cc1c[nH]cn1)NC(=O)C(NC(=O)CNCC(=O)O)C(C)O)C(c1ccccc1)c1ccccc1. The Morgan fingerprint density at radius 1 is 0.556 bits per heavy atom. The Bertz CT molecular complexity index is 4220. The van der Waals surface area contributed by atoms with E-state index in [1.807, 2.05) is 24.3 Å². The summed E-state index contributed by atoms with van der Waals surface area (Å²) in [4.78, 5) is 195. The molecule has 24 N–H and O–H groups in total. The predicted octanol–water partition coefficient (Wildman–Crippen LogP) is 3.07. The second-order valence-corrected chi connectivity index (χ2v) is 34.2. The van der Waals surface area contributed by atoms with Crippen LogP contribution in [0.3, 0.4) is 0 Å². The van der Waals surface area contributed by atoms with Gasteiger partial charge in [-0.3, -0.25) is 78.5 Å². The minimum Gasteiger partial charge on any atom is -0.480 e. The van der Waals surface area contributed by atoms with Crippen molar-refractivity contribution in [3.8, 4) is 0 Å². The summed E-state index contributed by atoms with van der Waals surface area (Å²) in [6.45, 7) is 2.20. The number of carboxylic acids is 1. The van der Waals surface area contributed by atoms with Gasteiger partial charge in [0.1, 0.15) is 48.8 Å². The molecule has 0 aliphatic carbocycles. The molecule has 0 radical (unpaired) electrons. The first-order valence-corrected chi connectivity index (χ1v) is 46.4. The van der Waals surface area contributed by atoms with Crippen molar-refractivity contribution in [1.82, 2.24) is 88.6 Å². The number of likely N-dealkylation sites (tertiary alicyclic amines) is 1. The van der Waals surface area contributed by atoms with E-state index in [0.717, 1.165) is 41.5 Å². The van der Waals surface area contributed by atoms with E-state index in [1.165, 1.54) is 110 Å². The minimum atomic E-state index is -1.65. The number of primary amides is 1. The van der Waals surface area contributed by atoms with Gasteiger partial charge in [0.05, 0.1) is 37.8 Å². The molecule has 0 saturated carbocycles. The lowest BCUT2D eigenvalue weighted by atomic mass is 9.84. The van der Waals surface area contributed by atoms with Gasteiger partial charge in [-0.25, -0.2) is 4.98 Å². The van der Waals surface area contributed by atoms with Crippen LogP contribution in [0.2, 0.25) is 0 Å². The monoisotopic (exact) mass is 1790 g/mol. The summed E-state index contributed by atoms with van der Waals surface area (Å²) < 4.78 is 0. The molecule has 0 spiro atoms. The van der Waals surface area contributed by atoms with Gasteiger partial charge in [0.2, 0.25) is 70.9 Å². The second kappa shape index (κ2) is 58.1. The zero-order chi connectivity index (χ0) is 91.6. The number of para-hydroxylation sites is 1. The van der Waals surface area contributed by atoms with Crippen molar-refractivity contribution in [2.75, 3.05) is 70.9 Å². The topological polar surface area (TPSA) is 583 Å². The number of H-pyrrole nitrogens is 2. The largest absolute Gasteiger partial charge is 0.480 e. The maximum Gasteiger partial charge on any atom is 0.317 e. The van der Waals surface area contributed by atoms with Crippen molar-refractivity contribution in [2.45, 2.75) is 241 Å². The van der Waals surface area contributed by atoms with Crippen molar-refractivity contribution in [3.05, 3.63) is 126 Å². The third-order valence-electron chi connectivity index (χ3n) is 21.5. The molecule has 39 heteroatoms. The van der Waals surface area contributed by atoms with E-state index < -0.39 is 163 Å². The number of carboxylic acid groups (broad SMARTS) is 1. The van der Waals surface area contributed by atoms with E-state index in [2.05, 4.69) is 85.7 Å². The molecule has 6 rings (SSSR count). The van der Waals surface area contributed by atoms with Crippen LogP contribution in [0.1, 0.15) is 196 Å². The molecule has 692 valence electrons. The van der Waals surface area contributed by atoms with E-state index in [9.17, 15) is 57.8 Å². The van der Waals surface area contributed by atoms with Crippen LogP contribution in [0.25, 0.3) is 10.9 Å². The number of aliphatic hydroxyl groups excluding tert-OH is 1. The fraction of sp³-hybridized carbons (Fsp3) is 0.563. The number of nitrogens with two attached hydrogens (primary N) is 3. The molecule has 1 fully saturated rings. The molecule has 1 aliphatic heterocycles. The van der Waals surface area contributed by atoms with Gasteiger partial charge in [0, 0.05) is 99.4 Å². The number of aromatic amines is 2. The minimum absolute atomic E-state index is 0.00526. The Labute approximate surface area is 744 Å². The number of benzene rings is 3. The highest BCUT2D eigenvalue weighted by atomic mass is 33.1. The molecular formula is C87H132N22O15S2. The first-order chi connectivity index (χ1) is 60.7. The number of nitrogens with one attached hydrogen (secondary N) is 16. The van der Waals surface area contributed by atoms with Crippen molar-refractivity contribution >= 4 is 121 Å². The van der Waals surface area contributed by atoms with Crippen molar-refractivity contribution < 1.29 is 72.5 Å². The highest BCUT2D eigenvalue weighted by Gasteiger charge is 2.43. The smallest absolute Gasteiger partial charge is 0.317 e. The number of unbranched alkanes of at least 4 members (excludes halogenated alkanes) is 15. The molecule has 1 aliphatic rings. The maximum absolute atomic E-state index is 15.8. The Balaban J connectivity index is 1.15. The fourth-order valence-electron chi connectivity index (χ4n) is 15.0. The van der Waals surface area contributed by atoms with E-state index >= 15 is 9.59 Å². The Kier molecular flexibility index (Phi) is 47.7. The Morgan fingerprint density at radius 2 is 1.10 bits per heavy atom. The quantitative estimate of drug-likeness (QED) is 0.0115. The van der Waals surface area contributed by atoms with Crippen molar-refractivity contribution in [2.24, 2.45) is 17.2 Å². The highest BCUT2D eigenvalue weighted by Crippen LogP contribution is 2.33. The van der Waals surface area contributed by atoms with Gasteiger partial charge in [-0.1, -0.05) is 197 Å². The maximum atomic E-state index is 15.8. The third kappa shape index (κ3) is 38.7. The summed E-state index contributed by atoms with van der Waals surface area (Å²) in [5.41, 5.74) is 19.8. The molecular weight excluding hydrogens is 1660 g/mol. The third-order valence-corrected chi connectivity index (χ3v) is 23.3. The number of amides is 12. The predicted molar refractivity (Wildman–Crippen MR) is 484 cm³/mol. The summed E-state index contributed by atoms with van der Waals surface area (Å²) in [5.74, 6) is -11.8. The van der Waals surface area contributed by atoms with Crippen molar-refractivity contribution in [1.29, 1.82) is 10.8 Å². The molecule has 1 saturated heterocycles. The summed E-state index contributed by atoms with van der Waals surface area (Å²) >= 11 is 0. The number of fused-ring (bicyclic) bond motifs is 1. The fourth-order valence-corrected chi connectivity index (χ4v) is 16.3. The zero-order valence-corrected chi connectivity index (χ0v) is 74.3. The van der Waals surface area contributed by atoms with Gasteiger partial charge in [0.15, 0.2) is 11.9 Å². The van der Waals surface area contributed by atoms with Gasteiger partial charge in [-0.05, 0) is 87.3 Å². The van der Waals surface area contributed by atoms with Gasteiger partial charge in [-0.2, -0.15) is 0 Å². The number of imidazole rings is 1. The van der Waals surface area contributed by atoms with Crippen LogP contribution in [0.15, 0.2) is 104 Å². The molecule has 0 bridgehead atoms. The van der Waals surface area contributed by atoms with Crippen LogP contribution < -0.4 is 81.0 Å². The Morgan fingerprint density at radius 3 is 1.71 bits per heavy atom. The molecule has 2 aromatic heterocycles. The summed E-state index contributed by atoms with van der Waals surface area (Å²) in [6.07, 6.45) is 22.6. The Hall–Kier alpha value is -11.3. The van der Waals surface area contributed by atoms with E-state index in [-0.39, 0.29) is 95.8 Å². The van der Waals surface area contributed by atoms with Gasteiger partial charge in [-0.15, -0.1) is 0 Å². The summed E-state index contributed by atoms with van der Waals surface area (Å²) in [6, 6.07) is 14.1. The van der Waals surface area contributed by atoms with Crippen molar-refractivity contribution in [3.63, 3.8) is 0 Å². The van der Waals surface area contributed by atoms with Crippen LogP contribution >= 0.6 is 21.6 Å². The van der Waals surface area contributed by atoms with Crippen LogP contribution in [0, 0.1) is 10.8 Å². The van der Waals surface area contributed by atoms with E-state index in [4.69, 9.17) is 33.1 Å². The molecule has 9 unspecified atom stereocenters. The van der Waals surface area contributed by atoms with Crippen LogP contribution in [0.4, 0.5) is 0 Å². The van der Waals surface area contributed by atoms with Gasteiger partial charge in [0.25, 0.3) is 0 Å². The lowest BCUT2D eigenvalue weighted by molar-refractivity contribution is -0.140. The molecule has 9 atom stereocenters. The second-order valence-electron chi connectivity index (χ2n) is 31.6. The summed E-state index contributed by atoms with van der Waals surface area (Å²) in [5, 5.41) is 69.0. The van der Waals surface area contributed by atoms with E-state index in [0.29, 0.717) is 54.6 Å². The molecule has 12 amide bonds. The first-order valence-electron chi connectivity index (χ1n) is 43.7. The number of carbonyl (C=O) groups excluding carboxylic acids is 12. The number of aliphatic carboxylic acids is 1. The number of aliphatic hydroxyl groups is 1. The number of guanidine groups is 2. The lowest BCUT2D eigenvalue weighted by Gasteiger charge is -2.35. The average Bonchev–Trinajstić information content (AvgIpc) is 1.41. The van der Waals surface area contributed by atoms with Gasteiger partial charge < -0.3 is 106 Å². The number of rotatable bonds is 63. The molecule has 3 heterocycles. The van der Waals surface area contributed by atoms with E-state index in [1.54, 1.807) is 73.1 Å². The normalized spacial score (nSPS) is 14.3. The zero-order valence-electron chi connectivity index (χ0n) is 72.6. The number of hydrogen-bond donors (Lipinski definition) is 21. The summed E-state index contributed by atoms with van der Waals surface area (Å²) in [7, 11) is 2.47. The lowest BCUT2D eigenvalue weighted by Crippen LogP contribution is -2.61. The van der Waals surface area contributed by atoms with Gasteiger partial charge >= 0.3 is 5.97 Å². The standard InChI is InChI=1S/C87H132N22O15S2/c1-4-5-6-7-8-9-10-11-12-13-14-15-16-27-41-95-73(114)54-108(53-70(88)111)74(115)39-24-19-28-42-96-79(118)67(46-60-49-99-64-37-26-25-36-63(60)64)103-81(120)66(40-44-98-87(91)92)102-83(122)69(55-126-125-3)105-80(119)65(38-29-43-97-86(89)90)101-71(112)48-62-35-30-45-109(62)85(124)78(76(58-31-20-17-21-32-58)59-33-22-18-23-34-59)107-82(121)68(47-61-50-94-56-100-61)104-84(123)77(57(2)110)106-72(113)51-93-52-75(116)117/h17-18,20-23,25-26,31-34,36-37,49-50,56-57,62,65-69,76-78,93,99,110H,4-16,19,24,27-30,35,38-48,51-55H2,1-3H3,(H2,88,111)(H,94,100)(H,95,114)(H,96,118)(H,101,112)(H,102,122)(H,103,120)(H,104,123)(H,105,119)(H,106,113)(H,107,121)(H,116,117)(H4,89,90,97)(H4,91,92,98). The molecule has 37 nitrogen and oxygen atoms in total. The number of hydrogen-bond acceptors (Lipinski definition) is 20. The number of carbonyl (C=O) groups is 13. The highest BCUT2D eigenvalue weighted by molar-refractivity contribution is 8.76. The average molecular weight is 1790 g/mol. The molecule has 3 aromatic carbocycles. The number of aromatic nitrogens is 3. The first kappa shape index (κ1) is 103. The molecule has 126 heavy (non-hydrogen) atoms.